The third-order valence-electron chi connectivity index (χ3n) is 3.54. The fourth-order valence-corrected chi connectivity index (χ4v) is 3.50. The lowest BCUT2D eigenvalue weighted by molar-refractivity contribution is -0.144. The number of thiocarbonyl (C=S) groups is 1. The van der Waals surface area contributed by atoms with Crippen molar-refractivity contribution < 1.29 is 14.3 Å². The van der Waals surface area contributed by atoms with Gasteiger partial charge < -0.3 is 9.64 Å². The zero-order valence-corrected chi connectivity index (χ0v) is 16.1. The first-order chi connectivity index (χ1) is 12.0. The number of esters is 1. The van der Waals surface area contributed by atoms with Gasteiger partial charge in [0.2, 0.25) is 0 Å². The molecule has 1 aromatic rings. The first kappa shape index (κ1) is 19.6. The Morgan fingerprint density at radius 3 is 2.72 bits per heavy atom. The van der Waals surface area contributed by atoms with Gasteiger partial charge in [-0.1, -0.05) is 54.3 Å². The van der Waals surface area contributed by atoms with E-state index in [0.29, 0.717) is 35.3 Å². The number of rotatable bonds is 8. The molecule has 0 aromatic heterocycles. The van der Waals surface area contributed by atoms with Crippen LogP contribution in [0.3, 0.4) is 0 Å². The molecule has 2 rings (SSSR count). The Morgan fingerprint density at radius 2 is 2.04 bits per heavy atom. The molecule has 25 heavy (non-hydrogen) atoms. The largest absolute Gasteiger partial charge is 0.464 e. The third-order valence-corrected chi connectivity index (χ3v) is 4.91. The van der Waals surface area contributed by atoms with Crippen LogP contribution in [0, 0.1) is 0 Å². The predicted molar refractivity (Wildman–Crippen MR) is 105 cm³/mol. The lowest BCUT2D eigenvalue weighted by Gasteiger charge is -2.14. The number of carbonyl (C=O) groups excluding carboxylic acids is 2. The molecule has 0 atom stereocenters. The van der Waals surface area contributed by atoms with E-state index in [-0.39, 0.29) is 18.3 Å². The molecule has 1 aliphatic heterocycles. The summed E-state index contributed by atoms with van der Waals surface area (Å²) in [6.07, 6.45) is 2.66. The Kier molecular flexibility index (Phi) is 7.61. The molecule has 1 fully saturated rings. The quantitative estimate of drug-likeness (QED) is 0.394. The van der Waals surface area contributed by atoms with Gasteiger partial charge in [-0.15, -0.1) is 0 Å². The lowest BCUT2D eigenvalue weighted by atomic mass is 10.2. The summed E-state index contributed by atoms with van der Waals surface area (Å²) in [5, 5.41) is 0. The van der Waals surface area contributed by atoms with Gasteiger partial charge in [0.05, 0.1) is 4.91 Å². The van der Waals surface area contributed by atoms with E-state index in [9.17, 15) is 9.59 Å². The number of thioether (sulfide) groups is 1. The van der Waals surface area contributed by atoms with Crippen LogP contribution in [0.2, 0.25) is 0 Å². The summed E-state index contributed by atoms with van der Waals surface area (Å²) < 4.78 is 5.67. The highest BCUT2D eigenvalue weighted by molar-refractivity contribution is 8.26. The van der Waals surface area contributed by atoms with Gasteiger partial charge in [-0.3, -0.25) is 14.5 Å². The van der Waals surface area contributed by atoms with Crippen molar-refractivity contribution in [3.63, 3.8) is 0 Å². The molecule has 5 nitrogen and oxygen atoms in total. The summed E-state index contributed by atoms with van der Waals surface area (Å²) in [5.74, 6) is -0.341. The summed E-state index contributed by atoms with van der Waals surface area (Å²) in [6.45, 7) is 1.51. The van der Waals surface area contributed by atoms with Gasteiger partial charge in [-0.2, -0.15) is 0 Å². The summed E-state index contributed by atoms with van der Waals surface area (Å²) in [5.41, 5.74) is 0.965. The summed E-state index contributed by atoms with van der Waals surface area (Å²) >= 11 is 6.59. The van der Waals surface area contributed by atoms with Crippen molar-refractivity contribution in [2.24, 2.45) is 0 Å². The van der Waals surface area contributed by atoms with Crippen molar-refractivity contribution in [3.05, 3.63) is 40.8 Å². The van der Waals surface area contributed by atoms with Gasteiger partial charge in [0.15, 0.2) is 0 Å². The van der Waals surface area contributed by atoms with Crippen LogP contribution in [0.15, 0.2) is 35.2 Å². The highest BCUT2D eigenvalue weighted by Gasteiger charge is 2.31. The van der Waals surface area contributed by atoms with Crippen LogP contribution in [-0.2, 0) is 14.3 Å². The van der Waals surface area contributed by atoms with Crippen molar-refractivity contribution >= 4 is 46.3 Å². The van der Waals surface area contributed by atoms with E-state index < -0.39 is 0 Å². The van der Waals surface area contributed by atoms with Gasteiger partial charge in [0, 0.05) is 19.5 Å². The van der Waals surface area contributed by atoms with E-state index in [0.717, 1.165) is 5.56 Å². The molecule has 1 amide bonds. The van der Waals surface area contributed by atoms with Crippen LogP contribution in [-0.4, -0.2) is 59.8 Å². The highest BCUT2D eigenvalue weighted by atomic mass is 32.2. The average molecular weight is 379 g/mol. The van der Waals surface area contributed by atoms with E-state index in [1.54, 1.807) is 4.90 Å². The fraction of sp³-hybridized carbons (Fsp3) is 0.389. The molecule has 0 aliphatic carbocycles. The first-order valence-corrected chi connectivity index (χ1v) is 9.30. The van der Waals surface area contributed by atoms with E-state index in [1.165, 1.54) is 11.8 Å². The van der Waals surface area contributed by atoms with Crippen molar-refractivity contribution in [2.45, 2.75) is 12.8 Å². The molecule has 1 heterocycles. The monoisotopic (exact) mass is 378 g/mol. The minimum Gasteiger partial charge on any atom is -0.464 e. The fourth-order valence-electron chi connectivity index (χ4n) is 2.19. The maximum absolute atomic E-state index is 12.5. The SMILES string of the molecule is CN(C)CCOC(=O)CCCN1C(=O)C(=Cc2ccccc2)SC1=S. The van der Waals surface area contributed by atoms with Crippen LogP contribution in [0.5, 0.6) is 0 Å². The Bertz CT molecular complexity index is 660. The third kappa shape index (κ3) is 6.26. The number of likely N-dealkylation sites (N-methyl/N-ethyl adjacent to an activating group) is 1. The van der Waals surface area contributed by atoms with E-state index >= 15 is 0 Å². The molecular weight excluding hydrogens is 356 g/mol. The molecule has 0 bridgehead atoms. The molecule has 0 N–H and O–H groups in total. The summed E-state index contributed by atoms with van der Waals surface area (Å²) in [4.78, 5) is 28.3. The minimum atomic E-state index is -0.243. The molecule has 134 valence electrons. The van der Waals surface area contributed by atoms with E-state index in [2.05, 4.69) is 0 Å². The van der Waals surface area contributed by atoms with Gasteiger partial charge in [0.1, 0.15) is 10.9 Å². The highest BCUT2D eigenvalue weighted by Crippen LogP contribution is 2.32. The second kappa shape index (κ2) is 9.70. The predicted octanol–water partition coefficient (Wildman–Crippen LogP) is 2.77. The maximum Gasteiger partial charge on any atom is 0.305 e. The topological polar surface area (TPSA) is 49.9 Å². The maximum atomic E-state index is 12.5. The number of hydrogen-bond donors (Lipinski definition) is 0. The smallest absolute Gasteiger partial charge is 0.305 e. The van der Waals surface area contributed by atoms with Crippen molar-refractivity contribution in [1.82, 2.24) is 9.80 Å². The molecule has 0 unspecified atom stereocenters. The van der Waals surface area contributed by atoms with Crippen molar-refractivity contribution in [3.8, 4) is 0 Å². The number of benzene rings is 1. The van der Waals surface area contributed by atoms with Gasteiger partial charge >= 0.3 is 5.97 Å². The Hall–Kier alpha value is -1.70. The Balaban J connectivity index is 1.81. The van der Waals surface area contributed by atoms with Gasteiger partial charge in [0.25, 0.3) is 5.91 Å². The average Bonchev–Trinajstić information content (AvgIpc) is 2.83. The number of amides is 1. The molecular formula is C18H22N2O3S2. The molecule has 1 aromatic carbocycles. The molecule has 7 heteroatoms. The van der Waals surface area contributed by atoms with Crippen molar-refractivity contribution in [2.75, 3.05) is 33.8 Å². The second-order valence-electron chi connectivity index (χ2n) is 5.87. The standard InChI is InChI=1S/C18H22N2O3S2/c1-19(2)11-12-23-16(21)9-6-10-20-17(22)15(25-18(20)24)13-14-7-4-3-5-8-14/h3-5,7-8,13H,6,9-12H2,1-2H3. The van der Waals surface area contributed by atoms with Crippen LogP contribution < -0.4 is 0 Å². The Labute approximate surface area is 158 Å². The zero-order valence-electron chi connectivity index (χ0n) is 14.4. The van der Waals surface area contributed by atoms with Crippen LogP contribution in [0.4, 0.5) is 0 Å². The number of carbonyl (C=O) groups is 2. The molecule has 1 aliphatic rings. The first-order valence-electron chi connectivity index (χ1n) is 8.08. The minimum absolute atomic E-state index is 0.0974. The lowest BCUT2D eigenvalue weighted by Crippen LogP contribution is -2.29. The molecule has 0 saturated carbocycles. The molecule has 0 spiro atoms. The molecule has 1 saturated heterocycles. The zero-order chi connectivity index (χ0) is 18.2. The van der Waals surface area contributed by atoms with Crippen LogP contribution >= 0.6 is 24.0 Å². The van der Waals surface area contributed by atoms with Gasteiger partial charge in [-0.25, -0.2) is 0 Å². The van der Waals surface area contributed by atoms with Crippen molar-refractivity contribution in [1.29, 1.82) is 0 Å². The summed E-state index contributed by atoms with van der Waals surface area (Å²) in [6, 6.07) is 9.66. The van der Waals surface area contributed by atoms with E-state index in [1.807, 2.05) is 55.4 Å². The van der Waals surface area contributed by atoms with E-state index in [4.69, 9.17) is 17.0 Å². The van der Waals surface area contributed by atoms with Gasteiger partial charge in [-0.05, 0) is 32.2 Å². The van der Waals surface area contributed by atoms with Crippen LogP contribution in [0.1, 0.15) is 18.4 Å². The number of nitrogens with zero attached hydrogens (tertiary/aromatic N) is 2. The number of ether oxygens (including phenoxy) is 1. The van der Waals surface area contributed by atoms with Crippen LogP contribution in [0.25, 0.3) is 6.08 Å². The Morgan fingerprint density at radius 1 is 1.32 bits per heavy atom. The summed E-state index contributed by atoms with van der Waals surface area (Å²) in [7, 11) is 3.85. The normalized spacial score (nSPS) is 16.1. The number of hydrogen-bond acceptors (Lipinski definition) is 6. The second-order valence-corrected chi connectivity index (χ2v) is 7.55. The molecule has 0 radical (unpaired) electrons.